The average Bonchev–Trinajstić information content (AvgIpc) is 3.72. The predicted molar refractivity (Wildman–Crippen MR) is 170 cm³/mol. The predicted octanol–water partition coefficient (Wildman–Crippen LogP) is 9.22. The molecule has 0 radical (unpaired) electrons. The molecule has 0 spiro atoms. The Morgan fingerprint density at radius 3 is 1.83 bits per heavy atom. The first-order valence-electron chi connectivity index (χ1n) is 13.9. The number of para-hydroxylation sites is 5. The lowest BCUT2D eigenvalue weighted by molar-refractivity contribution is 1.09. The Hall–Kier alpha value is -5.61. The summed E-state index contributed by atoms with van der Waals surface area (Å²) in [5.74, 6) is 0. The van der Waals surface area contributed by atoms with Gasteiger partial charge in [0.1, 0.15) is 11.8 Å². The van der Waals surface area contributed by atoms with Crippen LogP contribution in [-0.4, -0.2) is 18.7 Å². The zero-order chi connectivity index (χ0) is 26.9. The zero-order valence-corrected chi connectivity index (χ0v) is 22.1. The van der Waals surface area contributed by atoms with Gasteiger partial charge in [-0.2, -0.15) is 0 Å². The summed E-state index contributed by atoms with van der Waals surface area (Å²) in [4.78, 5) is 4.96. The minimum absolute atomic E-state index is 0.975. The highest BCUT2D eigenvalue weighted by Gasteiger charge is 2.21. The zero-order valence-electron chi connectivity index (χ0n) is 22.1. The molecule has 0 unspecified atom stereocenters. The van der Waals surface area contributed by atoms with Crippen LogP contribution in [0.4, 0.5) is 0 Å². The normalized spacial score (nSPS) is 11.9. The average molecular weight is 525 g/mol. The van der Waals surface area contributed by atoms with E-state index in [9.17, 15) is 0 Å². The second kappa shape index (κ2) is 8.44. The quantitative estimate of drug-likeness (QED) is 0.226. The molecule has 9 rings (SSSR count). The number of benzene rings is 6. The molecule has 41 heavy (non-hydrogen) atoms. The van der Waals surface area contributed by atoms with E-state index >= 15 is 0 Å². The fourth-order valence-electron chi connectivity index (χ4n) is 6.61. The number of fused-ring (bicyclic) bond motifs is 8. The summed E-state index contributed by atoms with van der Waals surface area (Å²) < 4.78 is 6.98. The molecule has 0 aliphatic carbocycles. The monoisotopic (exact) mass is 524 g/mol. The molecule has 0 aliphatic rings. The van der Waals surface area contributed by atoms with Crippen molar-refractivity contribution >= 4 is 54.6 Å². The first-order valence-corrected chi connectivity index (χ1v) is 13.9. The van der Waals surface area contributed by atoms with Gasteiger partial charge < -0.3 is 9.13 Å². The molecule has 4 nitrogen and oxygen atoms in total. The Morgan fingerprint density at radius 2 is 1.05 bits per heavy atom. The Labute approximate surface area is 235 Å². The van der Waals surface area contributed by atoms with Gasteiger partial charge in [0, 0.05) is 32.9 Å². The maximum absolute atomic E-state index is 4.96. The molecule has 0 saturated heterocycles. The molecule has 9 aromatic rings. The van der Waals surface area contributed by atoms with Gasteiger partial charge in [0.2, 0.25) is 0 Å². The smallest absolute Gasteiger partial charge is 0.113 e. The number of imidazole rings is 1. The molecule has 4 heteroatoms. The lowest BCUT2D eigenvalue weighted by atomic mass is 10.1. The van der Waals surface area contributed by atoms with Crippen molar-refractivity contribution in [2.75, 3.05) is 0 Å². The maximum Gasteiger partial charge on any atom is 0.113 e. The second-order valence-corrected chi connectivity index (χ2v) is 10.5. The molecule has 3 heterocycles. The van der Waals surface area contributed by atoms with Gasteiger partial charge in [0.25, 0.3) is 0 Å². The lowest BCUT2D eigenvalue weighted by Gasteiger charge is -2.11. The highest BCUT2D eigenvalue weighted by molar-refractivity contribution is 6.26. The van der Waals surface area contributed by atoms with Crippen LogP contribution in [0, 0.1) is 0 Å². The molecule has 0 bridgehead atoms. The standard InChI is InChI=1S/C37H24N4/c1-3-12-25(13-4-1)39-24-38-36-33(39)20-11-21-34(36)41-31-19-10-8-17-29(31)35-32(41)23-22-28-27-16-7-9-18-30(27)40(37(28)35)26-14-5-2-6-15-26/h1-24H. The van der Waals surface area contributed by atoms with Crippen LogP contribution in [0.3, 0.4) is 0 Å². The van der Waals surface area contributed by atoms with Crippen molar-refractivity contribution in [2.24, 2.45) is 0 Å². The second-order valence-electron chi connectivity index (χ2n) is 10.5. The highest BCUT2D eigenvalue weighted by atomic mass is 15.1. The van der Waals surface area contributed by atoms with Gasteiger partial charge >= 0.3 is 0 Å². The van der Waals surface area contributed by atoms with Crippen molar-refractivity contribution in [1.29, 1.82) is 0 Å². The third kappa shape index (κ3) is 3.07. The molecule has 0 fully saturated rings. The number of aromatic nitrogens is 4. The summed E-state index contributed by atoms with van der Waals surface area (Å²) in [5, 5.41) is 4.99. The number of hydrogen-bond acceptors (Lipinski definition) is 1. The van der Waals surface area contributed by atoms with Gasteiger partial charge in [0.05, 0.1) is 33.3 Å². The molecule has 3 aromatic heterocycles. The van der Waals surface area contributed by atoms with E-state index in [1.807, 2.05) is 12.4 Å². The highest BCUT2D eigenvalue weighted by Crippen LogP contribution is 2.42. The molecule has 192 valence electrons. The number of nitrogens with zero attached hydrogens (tertiary/aromatic N) is 4. The minimum atomic E-state index is 0.975. The van der Waals surface area contributed by atoms with Gasteiger partial charge in [0.15, 0.2) is 0 Å². The van der Waals surface area contributed by atoms with E-state index in [-0.39, 0.29) is 0 Å². The summed E-state index contributed by atoms with van der Waals surface area (Å²) in [5.41, 5.74) is 10.2. The van der Waals surface area contributed by atoms with Gasteiger partial charge in [-0.15, -0.1) is 0 Å². The Balaban J connectivity index is 1.44. The van der Waals surface area contributed by atoms with Crippen LogP contribution in [-0.2, 0) is 0 Å². The van der Waals surface area contributed by atoms with Crippen molar-refractivity contribution < 1.29 is 0 Å². The topological polar surface area (TPSA) is 27.7 Å². The fourth-order valence-corrected chi connectivity index (χ4v) is 6.61. The van der Waals surface area contributed by atoms with E-state index in [0.29, 0.717) is 0 Å². The van der Waals surface area contributed by atoms with Crippen LogP contribution in [0.15, 0.2) is 146 Å². The third-order valence-corrected chi connectivity index (χ3v) is 8.31. The van der Waals surface area contributed by atoms with Crippen molar-refractivity contribution in [3.8, 4) is 17.1 Å². The van der Waals surface area contributed by atoms with E-state index in [1.54, 1.807) is 0 Å². The molecule has 0 amide bonds. The molecule has 0 aliphatic heterocycles. The van der Waals surface area contributed by atoms with E-state index < -0.39 is 0 Å². The Morgan fingerprint density at radius 1 is 0.415 bits per heavy atom. The van der Waals surface area contributed by atoms with Crippen LogP contribution in [0.1, 0.15) is 0 Å². The molecule has 0 N–H and O–H groups in total. The van der Waals surface area contributed by atoms with E-state index in [0.717, 1.165) is 28.1 Å². The van der Waals surface area contributed by atoms with E-state index in [4.69, 9.17) is 4.98 Å². The fraction of sp³-hybridized carbons (Fsp3) is 0. The third-order valence-electron chi connectivity index (χ3n) is 8.31. The molecule has 0 atom stereocenters. The summed E-state index contributed by atoms with van der Waals surface area (Å²) in [6.07, 6.45) is 1.93. The summed E-state index contributed by atoms with van der Waals surface area (Å²) in [7, 11) is 0. The van der Waals surface area contributed by atoms with Crippen LogP contribution >= 0.6 is 0 Å². The van der Waals surface area contributed by atoms with Crippen LogP contribution in [0.2, 0.25) is 0 Å². The minimum Gasteiger partial charge on any atom is -0.309 e. The van der Waals surface area contributed by atoms with Crippen molar-refractivity contribution in [3.63, 3.8) is 0 Å². The summed E-state index contributed by atoms with van der Waals surface area (Å²) >= 11 is 0. The Kier molecular flexibility index (Phi) is 4.58. The van der Waals surface area contributed by atoms with Gasteiger partial charge in [-0.1, -0.05) is 84.9 Å². The largest absolute Gasteiger partial charge is 0.309 e. The molecular formula is C37H24N4. The van der Waals surface area contributed by atoms with Gasteiger partial charge in [-0.05, 0) is 54.6 Å². The van der Waals surface area contributed by atoms with E-state index in [2.05, 4.69) is 147 Å². The van der Waals surface area contributed by atoms with E-state index in [1.165, 1.54) is 43.6 Å². The SMILES string of the molecule is c1ccc(-n2cnc3c(-n4c5ccccc5c5c4ccc4c6ccccc6n(-c6ccccc6)c45)cccc32)cc1. The Bertz CT molecular complexity index is 2410. The van der Waals surface area contributed by atoms with Crippen molar-refractivity contribution in [1.82, 2.24) is 18.7 Å². The first-order chi connectivity index (χ1) is 20.4. The van der Waals surface area contributed by atoms with Crippen molar-refractivity contribution in [2.45, 2.75) is 0 Å². The van der Waals surface area contributed by atoms with Crippen molar-refractivity contribution in [3.05, 3.63) is 146 Å². The maximum atomic E-state index is 4.96. The number of hydrogen-bond donors (Lipinski definition) is 0. The van der Waals surface area contributed by atoms with Crippen LogP contribution in [0.5, 0.6) is 0 Å². The number of rotatable bonds is 3. The molecule has 6 aromatic carbocycles. The van der Waals surface area contributed by atoms with Crippen LogP contribution in [0.25, 0.3) is 71.7 Å². The van der Waals surface area contributed by atoms with Gasteiger partial charge in [-0.3, -0.25) is 4.57 Å². The molecular weight excluding hydrogens is 500 g/mol. The summed E-state index contributed by atoms with van der Waals surface area (Å²) in [6, 6.07) is 49.6. The van der Waals surface area contributed by atoms with Gasteiger partial charge in [-0.25, -0.2) is 4.98 Å². The first kappa shape index (κ1) is 22.2. The lowest BCUT2D eigenvalue weighted by Crippen LogP contribution is -1.97. The molecule has 0 saturated carbocycles. The summed E-state index contributed by atoms with van der Waals surface area (Å²) in [6.45, 7) is 0. The van der Waals surface area contributed by atoms with Crippen LogP contribution < -0.4 is 0 Å².